The lowest BCUT2D eigenvalue weighted by molar-refractivity contribution is 0.135. The van der Waals surface area contributed by atoms with Gasteiger partial charge in [0, 0.05) is 13.1 Å². The third-order valence-electron chi connectivity index (χ3n) is 3.04. The summed E-state index contributed by atoms with van der Waals surface area (Å²) in [6, 6.07) is 7.84. The number of rotatable bonds is 5. The van der Waals surface area contributed by atoms with Crippen LogP contribution in [-0.4, -0.2) is 43.8 Å². The van der Waals surface area contributed by atoms with E-state index in [2.05, 4.69) is 0 Å². The van der Waals surface area contributed by atoms with E-state index in [1.807, 2.05) is 24.3 Å². The van der Waals surface area contributed by atoms with Gasteiger partial charge in [0.05, 0.1) is 13.7 Å². The maximum atomic E-state index is 11.5. The highest BCUT2D eigenvalue weighted by molar-refractivity contribution is 5.69. The molecule has 0 radical (unpaired) electrons. The highest BCUT2D eigenvalue weighted by Crippen LogP contribution is 2.14. The first-order valence-electron chi connectivity index (χ1n) is 6.01. The van der Waals surface area contributed by atoms with Gasteiger partial charge in [-0.15, -0.1) is 0 Å². The van der Waals surface area contributed by atoms with Crippen molar-refractivity contribution in [2.75, 3.05) is 26.7 Å². The first kappa shape index (κ1) is 12.7. The van der Waals surface area contributed by atoms with Gasteiger partial charge in [-0.25, -0.2) is 4.79 Å². The molecule has 2 rings (SSSR count). The number of hydrogen-bond acceptors (Lipinski definition) is 4. The molecule has 98 valence electrons. The molecule has 5 heteroatoms. The predicted molar refractivity (Wildman–Crippen MR) is 67.6 cm³/mol. The first-order chi connectivity index (χ1) is 8.72. The van der Waals surface area contributed by atoms with Crippen molar-refractivity contribution in [2.24, 2.45) is 5.73 Å². The van der Waals surface area contributed by atoms with Gasteiger partial charge in [-0.2, -0.15) is 0 Å². The van der Waals surface area contributed by atoms with Crippen LogP contribution in [0.3, 0.4) is 0 Å². The molecule has 2 N–H and O–H groups in total. The molecule has 1 unspecified atom stereocenters. The number of nitrogens with zero attached hydrogens (tertiary/aromatic N) is 1. The standard InChI is InChI=1S/C13H18N2O3/c1-17-11-4-2-10(3-5-11)6-7-15-9-12(8-14)18-13(15)16/h2-5,12H,6-9,14H2,1H3. The quantitative estimate of drug-likeness (QED) is 0.847. The van der Waals surface area contributed by atoms with Gasteiger partial charge in [0.2, 0.25) is 0 Å². The highest BCUT2D eigenvalue weighted by atomic mass is 16.6. The molecule has 1 atom stereocenters. The van der Waals surface area contributed by atoms with Gasteiger partial charge in [0.1, 0.15) is 11.9 Å². The molecule has 1 aromatic rings. The SMILES string of the molecule is COc1ccc(CCN2CC(CN)OC2=O)cc1. The fraction of sp³-hybridized carbons (Fsp3) is 0.462. The summed E-state index contributed by atoms with van der Waals surface area (Å²) in [6.45, 7) is 1.62. The molecule has 1 aliphatic rings. The number of nitrogens with two attached hydrogens (primary N) is 1. The van der Waals surface area contributed by atoms with Crippen molar-refractivity contribution in [3.8, 4) is 5.75 Å². The molecule has 1 heterocycles. The summed E-state index contributed by atoms with van der Waals surface area (Å²) in [5, 5.41) is 0. The van der Waals surface area contributed by atoms with E-state index in [1.54, 1.807) is 12.0 Å². The van der Waals surface area contributed by atoms with E-state index in [0.29, 0.717) is 19.6 Å². The summed E-state index contributed by atoms with van der Waals surface area (Å²) in [6.07, 6.45) is 0.378. The highest BCUT2D eigenvalue weighted by Gasteiger charge is 2.29. The summed E-state index contributed by atoms with van der Waals surface area (Å²) in [5.74, 6) is 0.836. The third kappa shape index (κ3) is 2.92. The second kappa shape index (κ2) is 5.73. The van der Waals surface area contributed by atoms with Crippen molar-refractivity contribution in [2.45, 2.75) is 12.5 Å². The van der Waals surface area contributed by atoms with Crippen LogP contribution in [0.1, 0.15) is 5.56 Å². The molecule has 1 aromatic carbocycles. The van der Waals surface area contributed by atoms with Crippen LogP contribution in [0.15, 0.2) is 24.3 Å². The Bertz CT molecular complexity index is 405. The van der Waals surface area contributed by atoms with Crippen molar-refractivity contribution in [1.82, 2.24) is 4.90 Å². The van der Waals surface area contributed by atoms with Crippen molar-refractivity contribution in [3.05, 3.63) is 29.8 Å². The molecule has 0 saturated carbocycles. The number of hydrogen-bond donors (Lipinski definition) is 1. The monoisotopic (exact) mass is 250 g/mol. The van der Waals surface area contributed by atoms with Crippen LogP contribution in [0.2, 0.25) is 0 Å². The molecule has 1 aliphatic heterocycles. The van der Waals surface area contributed by atoms with Crippen molar-refractivity contribution < 1.29 is 14.3 Å². The fourth-order valence-corrected chi connectivity index (χ4v) is 1.94. The third-order valence-corrected chi connectivity index (χ3v) is 3.04. The number of amides is 1. The average Bonchev–Trinajstić information content (AvgIpc) is 2.77. The van der Waals surface area contributed by atoms with Gasteiger partial charge in [-0.05, 0) is 24.1 Å². The van der Waals surface area contributed by atoms with E-state index in [1.165, 1.54) is 5.56 Å². The Morgan fingerprint density at radius 1 is 1.44 bits per heavy atom. The Labute approximate surface area is 106 Å². The molecule has 0 aromatic heterocycles. The number of carbonyl (C=O) groups is 1. The van der Waals surface area contributed by atoms with E-state index in [9.17, 15) is 4.79 Å². The zero-order chi connectivity index (χ0) is 13.0. The molecule has 1 fully saturated rings. The second-order valence-corrected chi connectivity index (χ2v) is 4.29. The lowest BCUT2D eigenvalue weighted by atomic mass is 10.1. The minimum atomic E-state index is -0.265. The number of benzene rings is 1. The molecular weight excluding hydrogens is 232 g/mol. The lowest BCUT2D eigenvalue weighted by Crippen LogP contribution is -2.29. The maximum absolute atomic E-state index is 11.5. The maximum Gasteiger partial charge on any atom is 0.410 e. The van der Waals surface area contributed by atoms with Gasteiger partial charge in [0.25, 0.3) is 0 Å². The Balaban J connectivity index is 1.85. The van der Waals surface area contributed by atoms with Gasteiger partial charge in [0.15, 0.2) is 0 Å². The molecule has 0 aliphatic carbocycles. The van der Waals surface area contributed by atoms with Crippen LogP contribution in [0.25, 0.3) is 0 Å². The zero-order valence-corrected chi connectivity index (χ0v) is 10.5. The van der Waals surface area contributed by atoms with Crippen LogP contribution in [0.5, 0.6) is 5.75 Å². The summed E-state index contributed by atoms with van der Waals surface area (Å²) >= 11 is 0. The van der Waals surface area contributed by atoms with E-state index < -0.39 is 0 Å². The zero-order valence-electron chi connectivity index (χ0n) is 10.5. The van der Waals surface area contributed by atoms with Gasteiger partial charge in [-0.1, -0.05) is 12.1 Å². The number of cyclic esters (lactones) is 1. The largest absolute Gasteiger partial charge is 0.497 e. The number of carbonyl (C=O) groups excluding carboxylic acids is 1. The summed E-state index contributed by atoms with van der Waals surface area (Å²) in [5.41, 5.74) is 6.65. The van der Waals surface area contributed by atoms with E-state index in [4.69, 9.17) is 15.2 Å². The van der Waals surface area contributed by atoms with Crippen LogP contribution >= 0.6 is 0 Å². The molecule has 0 bridgehead atoms. The smallest absolute Gasteiger partial charge is 0.410 e. The molecule has 5 nitrogen and oxygen atoms in total. The molecule has 1 saturated heterocycles. The van der Waals surface area contributed by atoms with Crippen molar-refractivity contribution >= 4 is 6.09 Å². The first-order valence-corrected chi connectivity index (χ1v) is 6.01. The van der Waals surface area contributed by atoms with Gasteiger partial charge >= 0.3 is 6.09 Å². The van der Waals surface area contributed by atoms with Crippen LogP contribution in [0, 0.1) is 0 Å². The van der Waals surface area contributed by atoms with Crippen molar-refractivity contribution in [1.29, 1.82) is 0 Å². The molecule has 1 amide bonds. The van der Waals surface area contributed by atoms with Crippen LogP contribution < -0.4 is 10.5 Å². The Morgan fingerprint density at radius 3 is 2.72 bits per heavy atom. The lowest BCUT2D eigenvalue weighted by Gasteiger charge is -2.12. The number of ether oxygens (including phenoxy) is 2. The average molecular weight is 250 g/mol. The summed E-state index contributed by atoms with van der Waals surface area (Å²) in [4.78, 5) is 13.2. The van der Waals surface area contributed by atoms with Gasteiger partial charge in [-0.3, -0.25) is 0 Å². The second-order valence-electron chi connectivity index (χ2n) is 4.29. The van der Waals surface area contributed by atoms with Crippen molar-refractivity contribution in [3.63, 3.8) is 0 Å². The topological polar surface area (TPSA) is 64.8 Å². The fourth-order valence-electron chi connectivity index (χ4n) is 1.94. The Kier molecular flexibility index (Phi) is 4.04. The Hall–Kier alpha value is -1.75. The molecule has 0 spiro atoms. The Morgan fingerprint density at radius 2 is 2.17 bits per heavy atom. The molecule has 18 heavy (non-hydrogen) atoms. The minimum Gasteiger partial charge on any atom is -0.497 e. The van der Waals surface area contributed by atoms with E-state index in [-0.39, 0.29) is 12.2 Å². The van der Waals surface area contributed by atoms with E-state index >= 15 is 0 Å². The summed E-state index contributed by atoms with van der Waals surface area (Å²) in [7, 11) is 1.64. The predicted octanol–water partition coefficient (Wildman–Crippen LogP) is 1.02. The molecular formula is C13H18N2O3. The van der Waals surface area contributed by atoms with Crippen LogP contribution in [-0.2, 0) is 11.2 Å². The normalized spacial score (nSPS) is 18.9. The number of methoxy groups -OCH3 is 1. The minimum absolute atomic E-state index is 0.159. The summed E-state index contributed by atoms with van der Waals surface area (Å²) < 4.78 is 10.2. The van der Waals surface area contributed by atoms with E-state index in [0.717, 1.165) is 12.2 Å². The van der Waals surface area contributed by atoms with Gasteiger partial charge < -0.3 is 20.1 Å². The van der Waals surface area contributed by atoms with Crippen LogP contribution in [0.4, 0.5) is 4.79 Å².